The first-order chi connectivity index (χ1) is 25.2. The maximum Gasteiger partial charge on any atom is 0.0629 e. The van der Waals surface area contributed by atoms with Crippen LogP contribution in [0.4, 0.5) is 0 Å². The molecular formula is C44H28. The van der Waals surface area contributed by atoms with Crippen LogP contribution in [0.15, 0.2) is 170 Å². The Morgan fingerprint density at radius 3 is 1.50 bits per heavy atom. The smallest absolute Gasteiger partial charge is 0.0616 e. The Bertz CT molecular complexity index is 2900. The van der Waals surface area contributed by atoms with Crippen molar-refractivity contribution < 1.29 is 11.0 Å². The predicted molar refractivity (Wildman–Crippen MR) is 190 cm³/mol. The molecule has 0 aliphatic heterocycles. The number of hydrogen-bond donors (Lipinski definition) is 0. The van der Waals surface area contributed by atoms with E-state index in [4.69, 9.17) is 5.48 Å². The molecule has 0 aromatic heterocycles. The molecule has 0 amide bonds. The van der Waals surface area contributed by atoms with Crippen molar-refractivity contribution in [2.75, 3.05) is 0 Å². The van der Waals surface area contributed by atoms with Crippen molar-refractivity contribution in [1.29, 1.82) is 0 Å². The Kier molecular flexibility index (Phi) is 4.08. The average molecular weight is 565 g/mol. The lowest BCUT2D eigenvalue weighted by Crippen LogP contribution is -1.92. The molecule has 44 heavy (non-hydrogen) atoms. The Labute approximate surface area is 267 Å². The van der Waals surface area contributed by atoms with Crippen LogP contribution in [0, 0.1) is 0 Å². The minimum absolute atomic E-state index is 0.202. The summed E-state index contributed by atoms with van der Waals surface area (Å²) in [6.07, 6.45) is 0. The predicted octanol–water partition coefficient (Wildman–Crippen LogP) is 12.5. The molecule has 9 aromatic carbocycles. The molecule has 204 valence electrons. The Morgan fingerprint density at radius 2 is 0.818 bits per heavy atom. The molecular weight excluding hydrogens is 528 g/mol. The topological polar surface area (TPSA) is 0 Å². The molecule has 0 heteroatoms. The van der Waals surface area contributed by atoms with E-state index in [9.17, 15) is 5.48 Å². The Morgan fingerprint density at radius 1 is 0.318 bits per heavy atom. The molecule has 0 unspecified atom stereocenters. The fourth-order valence-corrected chi connectivity index (χ4v) is 6.74. The molecule has 0 N–H and O–H groups in total. The van der Waals surface area contributed by atoms with Crippen LogP contribution in [-0.2, 0) is 0 Å². The molecule has 0 saturated heterocycles. The highest BCUT2D eigenvalue weighted by Gasteiger charge is 2.19. The van der Waals surface area contributed by atoms with Gasteiger partial charge < -0.3 is 0 Å². The third-order valence-corrected chi connectivity index (χ3v) is 8.69. The maximum absolute atomic E-state index is 9.38. The third kappa shape index (κ3) is 3.78. The van der Waals surface area contributed by atoms with Gasteiger partial charge in [0, 0.05) is 0 Å². The third-order valence-electron chi connectivity index (χ3n) is 8.69. The molecule has 0 aliphatic rings. The highest BCUT2D eigenvalue weighted by molar-refractivity contribution is 6.25. The first-order valence-electron chi connectivity index (χ1n) is 18.6. The zero-order valence-electron chi connectivity index (χ0n) is 31.5. The summed E-state index contributed by atoms with van der Waals surface area (Å²) in [5, 5.41) is 6.63. The molecule has 0 spiro atoms. The van der Waals surface area contributed by atoms with Gasteiger partial charge in [0.15, 0.2) is 0 Å². The van der Waals surface area contributed by atoms with Crippen molar-refractivity contribution in [2.24, 2.45) is 0 Å². The summed E-state index contributed by atoms with van der Waals surface area (Å²) >= 11 is 0. The van der Waals surface area contributed by atoms with Gasteiger partial charge in [-0.3, -0.25) is 0 Å². The van der Waals surface area contributed by atoms with Crippen molar-refractivity contribution in [3.05, 3.63) is 170 Å². The molecule has 0 bridgehead atoms. The quantitative estimate of drug-likeness (QED) is 0.148. The second kappa shape index (κ2) is 9.93. The Balaban J connectivity index is 1.48. The van der Waals surface area contributed by atoms with Crippen molar-refractivity contribution in [3.8, 4) is 33.4 Å². The summed E-state index contributed by atoms with van der Waals surface area (Å²) in [5.41, 5.74) is 3.85. The highest BCUT2D eigenvalue weighted by atomic mass is 14.2. The minimum Gasteiger partial charge on any atom is -0.0616 e. The molecule has 0 heterocycles. The first-order valence-corrected chi connectivity index (χ1v) is 14.6. The van der Waals surface area contributed by atoms with Gasteiger partial charge in [0.25, 0.3) is 0 Å². The monoisotopic (exact) mass is 564 g/mol. The fraction of sp³-hybridized carbons (Fsp3) is 0. The van der Waals surface area contributed by atoms with E-state index in [-0.39, 0.29) is 45.7 Å². The summed E-state index contributed by atoms with van der Waals surface area (Å²) in [5.74, 6) is 0. The van der Waals surface area contributed by atoms with E-state index >= 15 is 0 Å². The van der Waals surface area contributed by atoms with Gasteiger partial charge in [0.2, 0.25) is 0 Å². The van der Waals surface area contributed by atoms with Crippen molar-refractivity contribution >= 4 is 53.9 Å². The molecule has 9 rings (SSSR count). The molecule has 0 saturated carbocycles. The van der Waals surface area contributed by atoms with Crippen LogP contribution >= 0.6 is 0 Å². The number of rotatable bonds is 3. The van der Waals surface area contributed by atoms with E-state index in [1.165, 1.54) is 0 Å². The van der Waals surface area contributed by atoms with Crippen LogP contribution < -0.4 is 0 Å². The second-order valence-electron chi connectivity index (χ2n) is 11.0. The highest BCUT2D eigenvalue weighted by Crippen LogP contribution is 2.46. The largest absolute Gasteiger partial charge is 0.0629 e. The average Bonchev–Trinajstić information content (AvgIpc) is 3.19. The van der Waals surface area contributed by atoms with E-state index in [1.807, 2.05) is 97.1 Å². The number of fused-ring (bicyclic) bond motifs is 6. The first kappa shape index (κ1) is 18.1. The fourth-order valence-electron chi connectivity index (χ4n) is 6.74. The normalized spacial score (nSPS) is 14.2. The summed E-state index contributed by atoms with van der Waals surface area (Å²) in [6, 6.07) is 36.8. The standard InChI is InChI=1S/C44H28/c1-3-15-33-29(12-1)14-11-23-34(33)30-24-26-31(27-25-30)43-38-19-7-9-21-40(38)44(41-22-10-8-20-39(41)43)42-28-32-13-2-4-16-35(32)36-17-5-6-18-37(36)42/h1-28H/i7D,8D,9D,10D,19D,20D,21D,22D. The van der Waals surface area contributed by atoms with Crippen LogP contribution in [0.1, 0.15) is 11.0 Å². The van der Waals surface area contributed by atoms with Crippen LogP contribution in [-0.4, -0.2) is 0 Å². The number of benzene rings is 9. The van der Waals surface area contributed by atoms with Crippen LogP contribution in [0.5, 0.6) is 0 Å². The van der Waals surface area contributed by atoms with Gasteiger partial charge in [0.1, 0.15) is 0 Å². The number of hydrogen-bond acceptors (Lipinski definition) is 0. The van der Waals surface area contributed by atoms with Crippen LogP contribution in [0.2, 0.25) is 0 Å². The van der Waals surface area contributed by atoms with Crippen molar-refractivity contribution in [1.82, 2.24) is 0 Å². The lowest BCUT2D eigenvalue weighted by Gasteiger charge is -2.19. The van der Waals surface area contributed by atoms with E-state index in [2.05, 4.69) is 24.3 Å². The van der Waals surface area contributed by atoms with E-state index < -0.39 is 24.2 Å². The minimum atomic E-state index is -0.416. The molecule has 0 atom stereocenters. The van der Waals surface area contributed by atoms with Gasteiger partial charge >= 0.3 is 0 Å². The summed E-state index contributed by atoms with van der Waals surface area (Å²) in [4.78, 5) is 0. The van der Waals surface area contributed by atoms with Gasteiger partial charge in [-0.15, -0.1) is 0 Å². The lowest BCUT2D eigenvalue weighted by molar-refractivity contribution is 1.63. The van der Waals surface area contributed by atoms with E-state index in [0.717, 1.165) is 43.4 Å². The molecule has 0 fully saturated rings. The molecule has 0 radical (unpaired) electrons. The van der Waals surface area contributed by atoms with Crippen molar-refractivity contribution in [3.63, 3.8) is 0 Å². The summed E-state index contributed by atoms with van der Waals surface area (Å²) in [7, 11) is 0. The summed E-state index contributed by atoms with van der Waals surface area (Å²) in [6.45, 7) is 0. The van der Waals surface area contributed by atoms with Gasteiger partial charge in [-0.2, -0.15) is 0 Å². The Hall–Kier alpha value is -5.72. The van der Waals surface area contributed by atoms with Gasteiger partial charge in [-0.1, -0.05) is 164 Å². The second-order valence-corrected chi connectivity index (χ2v) is 11.0. The van der Waals surface area contributed by atoms with Gasteiger partial charge in [-0.25, -0.2) is 0 Å². The zero-order valence-corrected chi connectivity index (χ0v) is 23.5. The van der Waals surface area contributed by atoms with Crippen LogP contribution in [0.3, 0.4) is 0 Å². The molecule has 0 nitrogen and oxygen atoms in total. The SMILES string of the molecule is [2H]c1c([2H])c([2H])c2c(-c3cc4ccccc4c4ccccc34)c3c([2H])c([2H])c([2H])c([2H])c3c(-c3ccc(-c4cccc5ccccc45)cc3)c2c1[2H]. The molecule has 0 aliphatic carbocycles. The zero-order chi connectivity index (χ0) is 36.0. The van der Waals surface area contributed by atoms with E-state index in [0.29, 0.717) is 22.3 Å². The molecule has 9 aromatic rings. The summed E-state index contributed by atoms with van der Waals surface area (Å²) < 4.78 is 72.7. The van der Waals surface area contributed by atoms with Crippen molar-refractivity contribution in [2.45, 2.75) is 0 Å². The van der Waals surface area contributed by atoms with Gasteiger partial charge in [0.05, 0.1) is 11.0 Å². The van der Waals surface area contributed by atoms with E-state index in [1.54, 1.807) is 0 Å². The van der Waals surface area contributed by atoms with Gasteiger partial charge in [-0.05, 0) is 93.3 Å². The lowest BCUT2D eigenvalue weighted by atomic mass is 9.83. The maximum atomic E-state index is 9.38. The van der Waals surface area contributed by atoms with Crippen LogP contribution in [0.25, 0.3) is 87.2 Å².